The number of nitrogens with zero attached hydrogens (tertiary/aromatic N) is 1. The summed E-state index contributed by atoms with van der Waals surface area (Å²) in [6.07, 6.45) is 0. The van der Waals surface area contributed by atoms with Crippen molar-refractivity contribution in [2.75, 3.05) is 0 Å². The van der Waals surface area contributed by atoms with Crippen LogP contribution in [0.5, 0.6) is 0 Å². The van der Waals surface area contributed by atoms with Gasteiger partial charge in [-0.2, -0.15) is 0 Å². The number of amides is 1. The van der Waals surface area contributed by atoms with Gasteiger partial charge >= 0.3 is 0 Å². The van der Waals surface area contributed by atoms with Gasteiger partial charge in [-0.1, -0.05) is 53.5 Å². The highest BCUT2D eigenvalue weighted by Gasteiger charge is 2.42. The van der Waals surface area contributed by atoms with Gasteiger partial charge in [0.15, 0.2) is 5.43 Å². The fourth-order valence-electron chi connectivity index (χ4n) is 3.96. The highest BCUT2D eigenvalue weighted by molar-refractivity contribution is 6.31. The summed E-state index contributed by atoms with van der Waals surface area (Å²) < 4.78 is 19.5. The third-order valence-electron chi connectivity index (χ3n) is 5.41. The van der Waals surface area contributed by atoms with Gasteiger partial charge < -0.3 is 9.32 Å². The molecule has 0 N–H and O–H groups in total. The molecule has 3 aromatic carbocycles. The van der Waals surface area contributed by atoms with Crippen LogP contribution in [0.1, 0.15) is 33.3 Å². The molecule has 5 rings (SSSR count). The number of fused-ring (bicyclic) bond motifs is 2. The molecule has 2 heterocycles. The van der Waals surface area contributed by atoms with Gasteiger partial charge in [0.25, 0.3) is 5.91 Å². The van der Waals surface area contributed by atoms with Crippen molar-refractivity contribution in [1.82, 2.24) is 4.90 Å². The van der Waals surface area contributed by atoms with E-state index >= 15 is 0 Å². The van der Waals surface area contributed by atoms with E-state index in [1.807, 2.05) is 12.1 Å². The molecule has 31 heavy (non-hydrogen) atoms. The Morgan fingerprint density at radius 2 is 1.71 bits per heavy atom. The van der Waals surface area contributed by atoms with Gasteiger partial charge in [-0.3, -0.25) is 9.59 Å². The average molecular weight is 454 g/mol. The van der Waals surface area contributed by atoms with Crippen LogP contribution in [0.25, 0.3) is 11.0 Å². The van der Waals surface area contributed by atoms with E-state index in [-0.39, 0.29) is 34.3 Å². The van der Waals surface area contributed by atoms with Crippen LogP contribution in [0, 0.1) is 5.82 Å². The second kappa shape index (κ2) is 7.52. The third-order valence-corrected chi connectivity index (χ3v) is 6.02. The number of benzene rings is 3. The first-order valence-corrected chi connectivity index (χ1v) is 10.3. The SMILES string of the molecule is O=C1c2oc3ccc(Cl)cc3c(=O)c2C(c2ccc(F)cc2)N1Cc1ccccc1Cl. The van der Waals surface area contributed by atoms with Crippen LogP contribution < -0.4 is 5.43 Å². The third kappa shape index (κ3) is 3.30. The van der Waals surface area contributed by atoms with Crippen molar-refractivity contribution in [3.8, 4) is 0 Å². The Morgan fingerprint density at radius 1 is 0.968 bits per heavy atom. The van der Waals surface area contributed by atoms with E-state index in [4.69, 9.17) is 27.6 Å². The molecule has 1 aromatic heterocycles. The highest BCUT2D eigenvalue weighted by Crippen LogP contribution is 2.39. The molecule has 0 bridgehead atoms. The molecule has 1 amide bonds. The molecular formula is C24H14Cl2FNO3. The number of carbonyl (C=O) groups excluding carboxylic acids is 1. The second-order valence-corrected chi connectivity index (χ2v) is 8.14. The van der Waals surface area contributed by atoms with E-state index in [0.29, 0.717) is 15.6 Å². The fraction of sp³-hybridized carbons (Fsp3) is 0.0833. The van der Waals surface area contributed by atoms with Crippen LogP contribution >= 0.6 is 23.2 Å². The van der Waals surface area contributed by atoms with Crippen molar-refractivity contribution >= 4 is 40.1 Å². The zero-order valence-corrected chi connectivity index (χ0v) is 17.5. The summed E-state index contributed by atoms with van der Waals surface area (Å²) >= 11 is 12.4. The zero-order chi connectivity index (χ0) is 21.7. The van der Waals surface area contributed by atoms with Gasteiger partial charge in [-0.05, 0) is 47.5 Å². The molecule has 1 aliphatic rings. The molecule has 0 saturated carbocycles. The van der Waals surface area contributed by atoms with Crippen LogP contribution in [0.3, 0.4) is 0 Å². The molecule has 154 valence electrons. The molecule has 0 radical (unpaired) electrons. The lowest BCUT2D eigenvalue weighted by molar-refractivity contribution is 0.0714. The van der Waals surface area contributed by atoms with E-state index in [1.165, 1.54) is 23.1 Å². The summed E-state index contributed by atoms with van der Waals surface area (Å²) in [5, 5.41) is 1.17. The molecule has 1 unspecified atom stereocenters. The first-order chi connectivity index (χ1) is 14.9. The average Bonchev–Trinajstić information content (AvgIpc) is 3.03. The maximum atomic E-state index is 13.6. The molecule has 4 aromatic rings. The highest BCUT2D eigenvalue weighted by atomic mass is 35.5. The molecule has 0 spiro atoms. The van der Waals surface area contributed by atoms with Gasteiger partial charge in [0.1, 0.15) is 11.4 Å². The summed E-state index contributed by atoms with van der Waals surface area (Å²) in [6.45, 7) is 0.154. The van der Waals surface area contributed by atoms with Crippen LogP contribution in [0.2, 0.25) is 10.0 Å². The van der Waals surface area contributed by atoms with Gasteiger partial charge in [-0.15, -0.1) is 0 Å². The summed E-state index contributed by atoms with van der Waals surface area (Å²) in [4.78, 5) is 28.3. The lowest BCUT2D eigenvalue weighted by atomic mass is 9.98. The van der Waals surface area contributed by atoms with Crippen molar-refractivity contribution in [3.05, 3.63) is 115 Å². The van der Waals surface area contributed by atoms with Crippen molar-refractivity contribution in [1.29, 1.82) is 0 Å². The number of halogens is 3. The largest absolute Gasteiger partial charge is 0.450 e. The van der Waals surface area contributed by atoms with Gasteiger partial charge in [-0.25, -0.2) is 4.39 Å². The van der Waals surface area contributed by atoms with E-state index < -0.39 is 17.8 Å². The Morgan fingerprint density at radius 3 is 2.45 bits per heavy atom. The lowest BCUT2D eigenvalue weighted by Crippen LogP contribution is -2.29. The Kier molecular flexibility index (Phi) is 4.80. The first kappa shape index (κ1) is 19.8. The van der Waals surface area contributed by atoms with Gasteiger partial charge in [0, 0.05) is 16.6 Å². The second-order valence-electron chi connectivity index (χ2n) is 7.29. The van der Waals surface area contributed by atoms with Crippen molar-refractivity contribution in [2.24, 2.45) is 0 Å². The fourth-order valence-corrected chi connectivity index (χ4v) is 4.33. The topological polar surface area (TPSA) is 50.5 Å². The minimum Gasteiger partial charge on any atom is -0.450 e. The van der Waals surface area contributed by atoms with Crippen molar-refractivity contribution in [2.45, 2.75) is 12.6 Å². The van der Waals surface area contributed by atoms with E-state index in [9.17, 15) is 14.0 Å². The predicted octanol–water partition coefficient (Wildman–Crippen LogP) is 5.98. The smallest absolute Gasteiger partial charge is 0.291 e. The standard InChI is InChI=1S/C24H14Cl2FNO3/c25-15-7-10-19-17(11-15)22(29)20-21(13-5-8-16(27)9-6-13)28(24(30)23(20)31-19)12-14-3-1-2-4-18(14)26/h1-11,21H,12H2. The lowest BCUT2D eigenvalue weighted by Gasteiger charge is -2.25. The number of hydrogen-bond donors (Lipinski definition) is 0. The van der Waals surface area contributed by atoms with Crippen LogP contribution in [-0.2, 0) is 6.54 Å². The summed E-state index contributed by atoms with van der Waals surface area (Å²) in [7, 11) is 0. The monoisotopic (exact) mass is 453 g/mol. The molecule has 1 aliphatic heterocycles. The molecule has 4 nitrogen and oxygen atoms in total. The normalized spacial score (nSPS) is 15.5. The number of hydrogen-bond acceptors (Lipinski definition) is 3. The Bertz CT molecular complexity index is 1400. The van der Waals surface area contributed by atoms with Crippen molar-refractivity contribution < 1.29 is 13.6 Å². The van der Waals surface area contributed by atoms with E-state index in [2.05, 4.69) is 0 Å². The minimum atomic E-state index is -0.751. The molecule has 0 aliphatic carbocycles. The quantitative estimate of drug-likeness (QED) is 0.383. The Hall–Kier alpha value is -3.15. The molecule has 0 saturated heterocycles. The van der Waals surface area contributed by atoms with Crippen LogP contribution in [0.4, 0.5) is 4.39 Å². The summed E-state index contributed by atoms with van der Waals surface area (Å²) in [5.74, 6) is -0.873. The summed E-state index contributed by atoms with van der Waals surface area (Å²) in [6, 6.07) is 16.8. The van der Waals surface area contributed by atoms with Gasteiger partial charge in [0.05, 0.1) is 17.0 Å². The maximum Gasteiger partial charge on any atom is 0.291 e. The molecule has 0 fully saturated rings. The molecule has 7 heteroatoms. The Balaban J connectivity index is 1.74. The Labute approximate surface area is 186 Å². The van der Waals surface area contributed by atoms with E-state index in [1.54, 1.807) is 36.4 Å². The van der Waals surface area contributed by atoms with E-state index in [0.717, 1.165) is 5.56 Å². The maximum absolute atomic E-state index is 13.6. The molecule has 1 atom stereocenters. The first-order valence-electron chi connectivity index (χ1n) is 9.50. The minimum absolute atomic E-state index is 0.0267. The van der Waals surface area contributed by atoms with Crippen molar-refractivity contribution in [3.63, 3.8) is 0 Å². The number of carbonyl (C=O) groups is 1. The number of rotatable bonds is 3. The van der Waals surface area contributed by atoms with Gasteiger partial charge in [0.2, 0.25) is 5.76 Å². The van der Waals surface area contributed by atoms with Crippen LogP contribution in [-0.4, -0.2) is 10.8 Å². The summed E-state index contributed by atoms with van der Waals surface area (Å²) in [5.41, 5.74) is 1.45. The predicted molar refractivity (Wildman–Crippen MR) is 117 cm³/mol. The zero-order valence-electron chi connectivity index (χ0n) is 15.9. The van der Waals surface area contributed by atoms with Crippen LogP contribution in [0.15, 0.2) is 75.9 Å². The molecular weight excluding hydrogens is 440 g/mol.